The monoisotopic (exact) mass is 261 g/mol. The lowest BCUT2D eigenvalue weighted by molar-refractivity contribution is -0.144. The van der Waals surface area contributed by atoms with Crippen LogP contribution in [0.1, 0.15) is 32.3 Å². The summed E-state index contributed by atoms with van der Waals surface area (Å²) < 4.78 is 0. The zero-order valence-corrected chi connectivity index (χ0v) is 11.7. The molecule has 0 amide bonds. The number of hydrogen-bond donors (Lipinski definition) is 1. The fourth-order valence-corrected chi connectivity index (χ4v) is 3.35. The summed E-state index contributed by atoms with van der Waals surface area (Å²) in [5.74, 6) is -0.556. The summed E-state index contributed by atoms with van der Waals surface area (Å²) in [6, 6.07) is 10.5. The molecule has 1 saturated heterocycles. The Morgan fingerprint density at radius 1 is 1.26 bits per heavy atom. The van der Waals surface area contributed by atoms with Crippen LogP contribution in [0, 0.1) is 11.8 Å². The number of rotatable bonds is 5. The average molecular weight is 261 g/mol. The van der Waals surface area contributed by atoms with E-state index < -0.39 is 5.97 Å². The van der Waals surface area contributed by atoms with Crippen LogP contribution in [-0.4, -0.2) is 28.6 Å². The summed E-state index contributed by atoms with van der Waals surface area (Å²) in [5, 5.41) is 9.47. The van der Waals surface area contributed by atoms with Gasteiger partial charge in [0.2, 0.25) is 0 Å². The highest BCUT2D eigenvalue weighted by Gasteiger charge is 2.43. The van der Waals surface area contributed by atoms with Crippen molar-refractivity contribution in [1.82, 2.24) is 4.90 Å². The van der Waals surface area contributed by atoms with E-state index in [1.807, 2.05) is 18.2 Å². The number of carboxylic acids is 1. The molecule has 3 nitrogen and oxygen atoms in total. The molecule has 0 spiro atoms. The number of hydrogen-bond acceptors (Lipinski definition) is 2. The Morgan fingerprint density at radius 3 is 2.47 bits per heavy atom. The zero-order valence-electron chi connectivity index (χ0n) is 11.7. The molecule has 0 bridgehead atoms. The molecule has 19 heavy (non-hydrogen) atoms. The van der Waals surface area contributed by atoms with Gasteiger partial charge in [-0.15, -0.1) is 0 Å². The SMILES string of the molecule is CCC1CN(Cc2ccccc2)C(CC)C1C(=O)O. The minimum atomic E-state index is -0.630. The quantitative estimate of drug-likeness (QED) is 0.885. The van der Waals surface area contributed by atoms with Crippen LogP contribution in [0.2, 0.25) is 0 Å². The molecule has 1 N–H and O–H groups in total. The van der Waals surface area contributed by atoms with E-state index >= 15 is 0 Å². The fraction of sp³-hybridized carbons (Fsp3) is 0.562. The zero-order chi connectivity index (χ0) is 13.8. The van der Waals surface area contributed by atoms with E-state index in [-0.39, 0.29) is 17.9 Å². The molecule has 104 valence electrons. The van der Waals surface area contributed by atoms with E-state index in [0.29, 0.717) is 0 Å². The first-order chi connectivity index (χ1) is 9.17. The van der Waals surface area contributed by atoms with Crippen LogP contribution in [0.15, 0.2) is 30.3 Å². The topological polar surface area (TPSA) is 40.5 Å². The Hall–Kier alpha value is -1.35. The summed E-state index contributed by atoms with van der Waals surface area (Å²) in [4.78, 5) is 13.9. The third kappa shape index (κ3) is 2.98. The van der Waals surface area contributed by atoms with Crippen molar-refractivity contribution >= 4 is 5.97 Å². The van der Waals surface area contributed by atoms with Crippen molar-refractivity contribution < 1.29 is 9.90 Å². The summed E-state index contributed by atoms with van der Waals surface area (Å²) >= 11 is 0. The van der Waals surface area contributed by atoms with Crippen LogP contribution >= 0.6 is 0 Å². The highest BCUT2D eigenvalue weighted by atomic mass is 16.4. The van der Waals surface area contributed by atoms with E-state index in [2.05, 4.69) is 30.9 Å². The summed E-state index contributed by atoms with van der Waals surface area (Å²) in [6.07, 6.45) is 1.85. The Balaban J connectivity index is 2.14. The minimum Gasteiger partial charge on any atom is -0.481 e. The lowest BCUT2D eigenvalue weighted by Gasteiger charge is -2.25. The number of carboxylic acid groups (broad SMARTS) is 1. The van der Waals surface area contributed by atoms with E-state index in [9.17, 15) is 9.90 Å². The Kier molecular flexibility index (Phi) is 4.59. The van der Waals surface area contributed by atoms with E-state index in [1.165, 1.54) is 5.56 Å². The fourth-order valence-electron chi connectivity index (χ4n) is 3.35. The summed E-state index contributed by atoms with van der Waals surface area (Å²) in [7, 11) is 0. The van der Waals surface area contributed by atoms with Crippen molar-refractivity contribution in [2.75, 3.05) is 6.54 Å². The van der Waals surface area contributed by atoms with Crippen molar-refractivity contribution in [2.24, 2.45) is 11.8 Å². The normalized spacial score (nSPS) is 27.6. The van der Waals surface area contributed by atoms with Crippen molar-refractivity contribution in [1.29, 1.82) is 0 Å². The number of likely N-dealkylation sites (tertiary alicyclic amines) is 1. The molecule has 3 unspecified atom stereocenters. The van der Waals surface area contributed by atoms with Gasteiger partial charge in [-0.3, -0.25) is 9.69 Å². The molecular formula is C16H23NO2. The molecule has 1 aliphatic rings. The number of carbonyl (C=O) groups is 1. The number of benzene rings is 1. The van der Waals surface area contributed by atoms with Gasteiger partial charge in [0.05, 0.1) is 5.92 Å². The Bertz CT molecular complexity index is 418. The minimum absolute atomic E-state index is 0.169. The molecule has 1 aromatic carbocycles. The first-order valence-electron chi connectivity index (χ1n) is 7.18. The predicted molar refractivity (Wildman–Crippen MR) is 75.8 cm³/mol. The van der Waals surface area contributed by atoms with Gasteiger partial charge in [0, 0.05) is 19.1 Å². The molecule has 0 aliphatic carbocycles. The highest BCUT2D eigenvalue weighted by molar-refractivity contribution is 5.71. The first kappa shape index (κ1) is 14.1. The number of nitrogens with zero attached hydrogens (tertiary/aromatic N) is 1. The van der Waals surface area contributed by atoms with Crippen molar-refractivity contribution in [3.8, 4) is 0 Å². The molecular weight excluding hydrogens is 238 g/mol. The lowest BCUT2D eigenvalue weighted by Crippen LogP contribution is -2.35. The highest BCUT2D eigenvalue weighted by Crippen LogP contribution is 2.35. The average Bonchev–Trinajstić information content (AvgIpc) is 2.77. The van der Waals surface area contributed by atoms with Gasteiger partial charge in [-0.25, -0.2) is 0 Å². The molecule has 2 rings (SSSR count). The van der Waals surface area contributed by atoms with E-state index in [4.69, 9.17) is 0 Å². The van der Waals surface area contributed by atoms with Crippen LogP contribution in [-0.2, 0) is 11.3 Å². The van der Waals surface area contributed by atoms with Gasteiger partial charge in [0.1, 0.15) is 0 Å². The van der Waals surface area contributed by atoms with E-state index in [0.717, 1.165) is 25.9 Å². The molecule has 1 fully saturated rings. The van der Waals surface area contributed by atoms with Gasteiger partial charge in [-0.05, 0) is 17.9 Å². The maximum atomic E-state index is 11.5. The van der Waals surface area contributed by atoms with Crippen LogP contribution in [0.4, 0.5) is 0 Å². The second kappa shape index (κ2) is 6.20. The second-order valence-corrected chi connectivity index (χ2v) is 5.42. The van der Waals surface area contributed by atoms with Gasteiger partial charge in [0.25, 0.3) is 0 Å². The maximum Gasteiger partial charge on any atom is 0.308 e. The summed E-state index contributed by atoms with van der Waals surface area (Å²) in [6.45, 7) is 5.95. The van der Waals surface area contributed by atoms with Gasteiger partial charge in [0.15, 0.2) is 0 Å². The maximum absolute atomic E-state index is 11.5. The standard InChI is InChI=1S/C16H23NO2/c1-3-13-11-17(10-12-8-6-5-7-9-12)14(4-2)15(13)16(18)19/h5-9,13-15H,3-4,10-11H2,1-2H3,(H,18,19). The summed E-state index contributed by atoms with van der Waals surface area (Å²) in [5.41, 5.74) is 1.27. The Labute approximate surface area is 115 Å². The Morgan fingerprint density at radius 2 is 1.95 bits per heavy atom. The van der Waals surface area contributed by atoms with Crippen molar-refractivity contribution in [3.05, 3.63) is 35.9 Å². The molecule has 3 heteroatoms. The molecule has 0 saturated carbocycles. The van der Waals surface area contributed by atoms with Crippen molar-refractivity contribution in [3.63, 3.8) is 0 Å². The van der Waals surface area contributed by atoms with Gasteiger partial charge < -0.3 is 5.11 Å². The third-order valence-corrected chi connectivity index (χ3v) is 4.32. The first-order valence-corrected chi connectivity index (χ1v) is 7.18. The second-order valence-electron chi connectivity index (χ2n) is 5.42. The van der Waals surface area contributed by atoms with Gasteiger partial charge in [-0.1, -0.05) is 50.6 Å². The van der Waals surface area contributed by atoms with Crippen LogP contribution < -0.4 is 0 Å². The molecule has 0 radical (unpaired) electrons. The van der Waals surface area contributed by atoms with Gasteiger partial charge in [-0.2, -0.15) is 0 Å². The van der Waals surface area contributed by atoms with Crippen LogP contribution in [0.3, 0.4) is 0 Å². The largest absolute Gasteiger partial charge is 0.481 e. The van der Waals surface area contributed by atoms with Crippen LogP contribution in [0.5, 0.6) is 0 Å². The molecule has 1 aliphatic heterocycles. The van der Waals surface area contributed by atoms with Crippen LogP contribution in [0.25, 0.3) is 0 Å². The van der Waals surface area contributed by atoms with E-state index in [1.54, 1.807) is 0 Å². The predicted octanol–water partition coefficient (Wildman–Crippen LogP) is 3.01. The smallest absolute Gasteiger partial charge is 0.308 e. The number of aliphatic carboxylic acids is 1. The lowest BCUT2D eigenvalue weighted by atomic mass is 9.88. The molecule has 3 atom stereocenters. The van der Waals surface area contributed by atoms with Crippen molar-refractivity contribution in [2.45, 2.75) is 39.3 Å². The molecule has 0 aromatic heterocycles. The van der Waals surface area contributed by atoms with Gasteiger partial charge >= 0.3 is 5.97 Å². The molecule has 1 aromatic rings. The molecule has 1 heterocycles. The third-order valence-electron chi connectivity index (χ3n) is 4.32.